The predicted octanol–water partition coefficient (Wildman–Crippen LogP) is 5.63. The largest absolute Gasteiger partial charge is 0.382 e. The van der Waals surface area contributed by atoms with Gasteiger partial charge in [-0.05, 0) is 55.2 Å². The highest BCUT2D eigenvalue weighted by Crippen LogP contribution is 2.37. The van der Waals surface area contributed by atoms with Gasteiger partial charge in [-0.2, -0.15) is 10.2 Å². The Labute approximate surface area is 290 Å². The van der Waals surface area contributed by atoms with E-state index < -0.39 is 0 Å². The van der Waals surface area contributed by atoms with E-state index >= 15 is 0 Å². The maximum absolute atomic E-state index is 13.9. The lowest BCUT2D eigenvalue weighted by Crippen LogP contribution is -2.40. The van der Waals surface area contributed by atoms with Gasteiger partial charge in [-0.25, -0.2) is 9.50 Å². The molecule has 1 saturated heterocycles. The van der Waals surface area contributed by atoms with Crippen LogP contribution in [0.2, 0.25) is 0 Å². The first-order chi connectivity index (χ1) is 24.1. The van der Waals surface area contributed by atoms with Crippen LogP contribution >= 0.6 is 0 Å². The number of pyridine rings is 1. The molecule has 0 radical (unpaired) electrons. The summed E-state index contributed by atoms with van der Waals surface area (Å²) >= 11 is 0. The van der Waals surface area contributed by atoms with Crippen molar-refractivity contribution < 1.29 is 9.59 Å². The van der Waals surface area contributed by atoms with E-state index in [9.17, 15) is 14.4 Å². The number of aryl methyl sites for hydroxylation is 1. The average Bonchev–Trinajstić information content (AvgIpc) is 3.73. The summed E-state index contributed by atoms with van der Waals surface area (Å²) in [6.45, 7) is 7.16. The van der Waals surface area contributed by atoms with Crippen LogP contribution in [-0.4, -0.2) is 58.6 Å². The van der Waals surface area contributed by atoms with Crippen molar-refractivity contribution in [1.82, 2.24) is 33.8 Å². The second-order valence-corrected chi connectivity index (χ2v) is 13.4. The van der Waals surface area contributed by atoms with Gasteiger partial charge in [0.2, 0.25) is 5.91 Å². The Morgan fingerprint density at radius 1 is 0.940 bits per heavy atom. The molecule has 254 valence electrons. The first kappa shape index (κ1) is 32.7. The van der Waals surface area contributed by atoms with Gasteiger partial charge in [0.1, 0.15) is 11.8 Å². The molecule has 5 heterocycles. The number of Topliss-reactive ketones (excluding diaryl/α,β-unsaturated/α-hetero) is 1. The number of rotatable bonds is 8. The summed E-state index contributed by atoms with van der Waals surface area (Å²) < 4.78 is 5.19. The van der Waals surface area contributed by atoms with Crippen molar-refractivity contribution in [2.75, 3.05) is 18.8 Å². The van der Waals surface area contributed by atoms with Crippen molar-refractivity contribution in [3.8, 4) is 27.9 Å². The number of nitrogens with two attached hydrogens (primary N) is 1. The van der Waals surface area contributed by atoms with Gasteiger partial charge in [-0.3, -0.25) is 23.6 Å². The highest BCUT2D eigenvalue weighted by atomic mass is 16.2. The van der Waals surface area contributed by atoms with Gasteiger partial charge in [-0.1, -0.05) is 56.3 Å². The van der Waals surface area contributed by atoms with E-state index in [1.807, 2.05) is 98.0 Å². The lowest BCUT2D eigenvalue weighted by Gasteiger charge is -2.33. The van der Waals surface area contributed by atoms with E-state index in [1.54, 1.807) is 21.5 Å². The molecule has 0 atom stereocenters. The molecule has 50 heavy (non-hydrogen) atoms. The molecule has 0 spiro atoms. The van der Waals surface area contributed by atoms with Crippen molar-refractivity contribution in [1.29, 1.82) is 0 Å². The highest BCUT2D eigenvalue weighted by Gasteiger charge is 2.29. The Morgan fingerprint density at radius 3 is 2.32 bits per heavy atom. The molecule has 2 aromatic carbocycles. The van der Waals surface area contributed by atoms with Crippen LogP contribution in [-0.2, 0) is 18.3 Å². The van der Waals surface area contributed by atoms with Gasteiger partial charge in [0.25, 0.3) is 5.56 Å². The quantitative estimate of drug-likeness (QED) is 0.208. The number of aromatic nitrogens is 6. The number of amides is 1. The molecule has 11 heteroatoms. The summed E-state index contributed by atoms with van der Waals surface area (Å²) in [7, 11) is 1.83. The van der Waals surface area contributed by atoms with Crippen molar-refractivity contribution in [3.63, 3.8) is 0 Å². The number of nitrogens with zero attached hydrogens (tertiary/aromatic N) is 7. The molecule has 11 nitrogen and oxygen atoms in total. The van der Waals surface area contributed by atoms with Crippen molar-refractivity contribution in [2.24, 2.45) is 13.0 Å². The Hall–Kier alpha value is -5.84. The number of nitrogen functional groups attached to an aromatic ring is 1. The van der Waals surface area contributed by atoms with Gasteiger partial charge in [0.05, 0.1) is 11.8 Å². The Balaban J connectivity index is 1.18. The van der Waals surface area contributed by atoms with E-state index in [-0.39, 0.29) is 41.1 Å². The zero-order valence-corrected chi connectivity index (χ0v) is 28.7. The van der Waals surface area contributed by atoms with Gasteiger partial charge in [0, 0.05) is 78.4 Å². The summed E-state index contributed by atoms with van der Waals surface area (Å²) in [6.07, 6.45) is 6.81. The Bertz CT molecular complexity index is 2270. The number of para-hydroxylation sites is 1. The molecule has 7 rings (SSSR count). The lowest BCUT2D eigenvalue weighted by atomic mass is 9.92. The number of anilines is 1. The molecule has 0 bridgehead atoms. The smallest absolute Gasteiger partial charge is 0.266 e. The number of piperidine rings is 1. The van der Waals surface area contributed by atoms with E-state index in [0.29, 0.717) is 24.6 Å². The summed E-state index contributed by atoms with van der Waals surface area (Å²) in [6, 6.07) is 21.0. The van der Waals surface area contributed by atoms with Gasteiger partial charge in [-0.15, -0.1) is 0 Å². The standard InChI is InChI=1S/C39H40N8O3/c1-24(2)38(49)45-16-14-28(15-17-45)34-20-32(36-37(40)41-23-43-47(34)36)27-12-10-26(11-13-27)18-35(48)33-19-31(29-21-42-44(4)22-29)25(3)46(39(33)50)30-8-6-5-7-9-30/h5-13,19-24,28H,14-18H2,1-4H3,(H2,40,41,43). The third-order valence-corrected chi connectivity index (χ3v) is 9.74. The average molecular weight is 669 g/mol. The zero-order valence-electron chi connectivity index (χ0n) is 28.7. The molecule has 1 amide bonds. The molecule has 2 N–H and O–H groups in total. The molecule has 0 saturated carbocycles. The Kier molecular flexibility index (Phi) is 8.65. The monoisotopic (exact) mass is 668 g/mol. The number of fused-ring (bicyclic) bond motifs is 1. The van der Waals surface area contributed by atoms with Crippen molar-refractivity contribution in [3.05, 3.63) is 118 Å². The van der Waals surface area contributed by atoms with E-state index in [2.05, 4.69) is 21.2 Å². The number of carbonyl (C=O) groups excluding carboxylic acids is 2. The molecule has 1 aliphatic heterocycles. The fraction of sp³-hybridized carbons (Fsp3) is 0.282. The lowest BCUT2D eigenvalue weighted by molar-refractivity contribution is -0.135. The fourth-order valence-corrected chi connectivity index (χ4v) is 7.09. The number of hydrogen-bond donors (Lipinski definition) is 1. The van der Waals surface area contributed by atoms with E-state index in [1.165, 1.54) is 6.33 Å². The fourth-order valence-electron chi connectivity index (χ4n) is 7.09. The molecule has 6 aromatic rings. The minimum atomic E-state index is -0.356. The third kappa shape index (κ3) is 5.99. The van der Waals surface area contributed by atoms with E-state index in [4.69, 9.17) is 5.73 Å². The topological polar surface area (TPSA) is 133 Å². The van der Waals surface area contributed by atoms with Crippen LogP contribution in [0.4, 0.5) is 5.82 Å². The van der Waals surface area contributed by atoms with Gasteiger partial charge < -0.3 is 10.6 Å². The van der Waals surface area contributed by atoms with Crippen LogP contribution in [0.5, 0.6) is 0 Å². The molecule has 0 unspecified atom stereocenters. The number of benzene rings is 2. The van der Waals surface area contributed by atoms with Crippen molar-refractivity contribution in [2.45, 2.75) is 46.0 Å². The minimum absolute atomic E-state index is 0.0210. The van der Waals surface area contributed by atoms with Crippen LogP contribution in [0.1, 0.15) is 59.9 Å². The van der Waals surface area contributed by atoms with Gasteiger partial charge >= 0.3 is 0 Å². The van der Waals surface area contributed by atoms with Crippen LogP contribution < -0.4 is 11.3 Å². The second kappa shape index (κ2) is 13.2. The van der Waals surface area contributed by atoms with E-state index in [0.717, 1.165) is 57.6 Å². The normalized spacial score (nSPS) is 13.7. The molecule has 1 fully saturated rings. The second-order valence-electron chi connectivity index (χ2n) is 13.4. The number of hydrogen-bond acceptors (Lipinski definition) is 7. The third-order valence-electron chi connectivity index (χ3n) is 9.74. The summed E-state index contributed by atoms with van der Waals surface area (Å²) in [5.41, 5.74) is 13.6. The first-order valence-corrected chi connectivity index (χ1v) is 16.9. The summed E-state index contributed by atoms with van der Waals surface area (Å²) in [5.74, 6) is 0.491. The van der Waals surface area contributed by atoms with Crippen LogP contribution in [0, 0.1) is 12.8 Å². The SMILES string of the molecule is Cc1c(-c2cnn(C)c2)cc(C(=O)Cc2ccc(-c3cc(C4CCN(C(=O)C(C)C)CC4)n4ncnc(N)c34)cc2)c(=O)n1-c1ccccc1. The molecular weight excluding hydrogens is 628 g/mol. The van der Waals surface area contributed by atoms with Crippen LogP contribution in [0.3, 0.4) is 0 Å². The minimum Gasteiger partial charge on any atom is -0.382 e. The van der Waals surface area contributed by atoms with Crippen LogP contribution in [0.15, 0.2) is 90.2 Å². The van der Waals surface area contributed by atoms with Crippen LogP contribution in [0.25, 0.3) is 33.5 Å². The molecular formula is C39H40N8O3. The number of ketones is 1. The zero-order chi connectivity index (χ0) is 35.1. The molecule has 4 aromatic heterocycles. The number of carbonyl (C=O) groups is 2. The summed E-state index contributed by atoms with van der Waals surface area (Å²) in [4.78, 5) is 46.6. The summed E-state index contributed by atoms with van der Waals surface area (Å²) in [5, 5.41) is 8.89. The Morgan fingerprint density at radius 2 is 1.66 bits per heavy atom. The molecule has 1 aliphatic rings. The highest BCUT2D eigenvalue weighted by molar-refractivity contribution is 5.98. The predicted molar refractivity (Wildman–Crippen MR) is 193 cm³/mol. The maximum Gasteiger partial charge on any atom is 0.266 e. The number of likely N-dealkylation sites (tertiary alicyclic amines) is 1. The first-order valence-electron chi connectivity index (χ1n) is 16.9. The van der Waals surface area contributed by atoms with Gasteiger partial charge in [0.15, 0.2) is 11.6 Å². The molecule has 0 aliphatic carbocycles. The maximum atomic E-state index is 13.9. The van der Waals surface area contributed by atoms with Crippen molar-refractivity contribution >= 4 is 23.0 Å².